The van der Waals surface area contributed by atoms with E-state index in [1.807, 2.05) is 0 Å². The Morgan fingerprint density at radius 3 is 2.62 bits per heavy atom. The Morgan fingerprint density at radius 2 is 2.06 bits per heavy atom. The summed E-state index contributed by atoms with van der Waals surface area (Å²) >= 11 is 3.17. The normalized spacial score (nSPS) is 11.3. The number of anilines is 2. The van der Waals surface area contributed by atoms with Crippen LogP contribution in [0, 0.1) is 0 Å². The number of nitrogens with one attached hydrogen (secondary N) is 2. The molecule has 1 heterocycles. The van der Waals surface area contributed by atoms with Gasteiger partial charge in [-0.05, 0) is 15.9 Å². The van der Waals surface area contributed by atoms with Gasteiger partial charge in [-0.25, -0.2) is 18.7 Å². The van der Waals surface area contributed by atoms with Gasteiger partial charge in [0.15, 0.2) is 0 Å². The fourth-order valence-electron chi connectivity index (χ4n) is 0.936. The second-order valence-corrected chi connectivity index (χ2v) is 3.80. The van der Waals surface area contributed by atoms with Crippen molar-refractivity contribution in [1.29, 1.82) is 0 Å². The van der Waals surface area contributed by atoms with Crippen molar-refractivity contribution in [3.8, 4) is 0 Å². The molecule has 0 atom stereocenters. The molecule has 0 aliphatic heterocycles. The van der Waals surface area contributed by atoms with Crippen LogP contribution in [0.3, 0.4) is 0 Å². The molecule has 8 heteroatoms. The molecule has 0 saturated heterocycles. The van der Waals surface area contributed by atoms with E-state index in [1.54, 1.807) is 7.05 Å². The lowest BCUT2D eigenvalue weighted by Gasteiger charge is -2.15. The lowest BCUT2D eigenvalue weighted by atomic mass is 10.3. The van der Waals surface area contributed by atoms with Gasteiger partial charge in [0, 0.05) is 7.05 Å². The van der Waals surface area contributed by atoms with Crippen LogP contribution < -0.4 is 10.6 Å². The number of alkyl halides is 2. The van der Waals surface area contributed by atoms with E-state index in [2.05, 4.69) is 36.5 Å². The average molecular weight is 297 g/mol. The summed E-state index contributed by atoms with van der Waals surface area (Å²) in [7, 11) is 1.65. The molecule has 5 nitrogen and oxygen atoms in total. The molecule has 0 radical (unpaired) electrons. The number of halogens is 3. The topological polar surface area (TPSA) is 70.1 Å². The first-order valence-corrected chi connectivity index (χ1v) is 5.20. The van der Waals surface area contributed by atoms with Gasteiger partial charge in [0.1, 0.15) is 29.0 Å². The van der Waals surface area contributed by atoms with Crippen molar-refractivity contribution in [2.45, 2.75) is 5.92 Å². The third kappa shape index (κ3) is 3.24. The highest BCUT2D eigenvalue weighted by Crippen LogP contribution is 2.26. The van der Waals surface area contributed by atoms with Gasteiger partial charge in [-0.2, -0.15) is 0 Å². The minimum Gasteiger partial charge on any atom is -0.390 e. The fourth-order valence-corrected chi connectivity index (χ4v) is 1.48. The number of aromatic nitrogens is 2. The van der Waals surface area contributed by atoms with E-state index < -0.39 is 19.1 Å². The molecule has 0 bridgehead atoms. The molecular formula is C8H11BrF2N4O. The van der Waals surface area contributed by atoms with Gasteiger partial charge in [-0.15, -0.1) is 0 Å². The SMILES string of the molecule is CNc1ncnc(NCC(F)(F)CO)c1Br. The van der Waals surface area contributed by atoms with Gasteiger partial charge in [-0.1, -0.05) is 0 Å². The summed E-state index contributed by atoms with van der Waals surface area (Å²) in [5.74, 6) is -2.44. The number of hydrogen-bond acceptors (Lipinski definition) is 5. The zero-order valence-electron chi connectivity index (χ0n) is 8.47. The van der Waals surface area contributed by atoms with Crippen molar-refractivity contribution in [2.24, 2.45) is 0 Å². The number of nitrogens with zero attached hydrogens (tertiary/aromatic N) is 2. The number of rotatable bonds is 5. The Balaban J connectivity index is 2.75. The summed E-state index contributed by atoms with van der Waals surface area (Å²) in [4.78, 5) is 7.68. The molecule has 0 aromatic carbocycles. The third-order valence-corrected chi connectivity index (χ3v) is 2.52. The second-order valence-electron chi connectivity index (χ2n) is 3.00. The van der Waals surface area contributed by atoms with Gasteiger partial charge < -0.3 is 15.7 Å². The maximum atomic E-state index is 12.8. The molecule has 90 valence electrons. The summed E-state index contributed by atoms with van der Waals surface area (Å²) in [6.07, 6.45) is 1.25. The van der Waals surface area contributed by atoms with Crippen LogP contribution in [0.2, 0.25) is 0 Å². The summed E-state index contributed by atoms with van der Waals surface area (Å²) in [5, 5.41) is 13.6. The lowest BCUT2D eigenvalue weighted by molar-refractivity contribution is -0.0373. The molecule has 0 fully saturated rings. The smallest absolute Gasteiger partial charge is 0.287 e. The highest BCUT2D eigenvalue weighted by molar-refractivity contribution is 9.10. The standard InChI is InChI=1S/C8H11BrF2N4O/c1-12-6-5(9)7(15-4-14-6)13-2-8(10,11)3-16/h4,16H,2-3H2,1H3,(H2,12,13,14,15). The van der Waals surface area contributed by atoms with Crippen molar-refractivity contribution in [3.05, 3.63) is 10.8 Å². The van der Waals surface area contributed by atoms with Crippen LogP contribution in [0.5, 0.6) is 0 Å². The maximum absolute atomic E-state index is 12.8. The van der Waals surface area contributed by atoms with Crippen LogP contribution in [0.4, 0.5) is 20.4 Å². The van der Waals surface area contributed by atoms with E-state index in [9.17, 15) is 8.78 Å². The Kier molecular flexibility index (Phi) is 4.36. The first kappa shape index (κ1) is 13.0. The fraction of sp³-hybridized carbons (Fsp3) is 0.500. The summed E-state index contributed by atoms with van der Waals surface area (Å²) in [6.45, 7) is -1.90. The van der Waals surface area contributed by atoms with Gasteiger partial charge in [-0.3, -0.25) is 0 Å². The molecule has 16 heavy (non-hydrogen) atoms. The number of aliphatic hydroxyl groups is 1. The minimum absolute atomic E-state index is 0.243. The molecule has 3 N–H and O–H groups in total. The minimum atomic E-state index is -3.18. The van der Waals surface area contributed by atoms with Gasteiger partial charge in [0.25, 0.3) is 5.92 Å². The predicted molar refractivity (Wildman–Crippen MR) is 59.8 cm³/mol. The highest BCUT2D eigenvalue weighted by Gasteiger charge is 2.27. The molecule has 0 unspecified atom stereocenters. The zero-order chi connectivity index (χ0) is 12.2. The molecule has 1 aromatic rings. The van der Waals surface area contributed by atoms with Crippen LogP contribution in [0.1, 0.15) is 0 Å². The van der Waals surface area contributed by atoms with Gasteiger partial charge in [0.05, 0.1) is 6.54 Å². The van der Waals surface area contributed by atoms with Crippen LogP contribution in [0.15, 0.2) is 10.8 Å². The van der Waals surface area contributed by atoms with Crippen LogP contribution in [-0.2, 0) is 0 Å². The molecule has 1 rings (SSSR count). The van der Waals surface area contributed by atoms with E-state index >= 15 is 0 Å². The first-order chi connectivity index (χ1) is 7.50. The van der Waals surface area contributed by atoms with Crippen LogP contribution in [0.25, 0.3) is 0 Å². The van der Waals surface area contributed by atoms with Gasteiger partial charge in [0.2, 0.25) is 0 Å². The lowest BCUT2D eigenvalue weighted by Crippen LogP contribution is -2.31. The number of aliphatic hydroxyl groups excluding tert-OH is 1. The quantitative estimate of drug-likeness (QED) is 0.764. The number of hydrogen-bond donors (Lipinski definition) is 3. The molecule has 0 spiro atoms. The summed E-state index contributed by atoms with van der Waals surface area (Å²) < 4.78 is 26.0. The molecule has 1 aromatic heterocycles. The van der Waals surface area contributed by atoms with Crippen molar-refractivity contribution >= 4 is 27.6 Å². The van der Waals surface area contributed by atoms with Crippen molar-refractivity contribution in [2.75, 3.05) is 30.8 Å². The van der Waals surface area contributed by atoms with E-state index in [0.29, 0.717) is 10.3 Å². The maximum Gasteiger partial charge on any atom is 0.287 e. The summed E-state index contributed by atoms with van der Waals surface area (Å²) in [5.41, 5.74) is 0. The van der Waals surface area contributed by atoms with Crippen molar-refractivity contribution < 1.29 is 13.9 Å². The van der Waals surface area contributed by atoms with E-state index in [1.165, 1.54) is 6.33 Å². The highest BCUT2D eigenvalue weighted by atomic mass is 79.9. The molecular weight excluding hydrogens is 286 g/mol. The van der Waals surface area contributed by atoms with Crippen molar-refractivity contribution in [1.82, 2.24) is 9.97 Å². The Hall–Kier alpha value is -1.02. The summed E-state index contributed by atoms with van der Waals surface area (Å²) in [6, 6.07) is 0. The Labute approximate surface area is 99.4 Å². The molecule has 0 amide bonds. The van der Waals surface area contributed by atoms with Gasteiger partial charge >= 0.3 is 0 Å². The molecule has 0 aliphatic carbocycles. The van der Waals surface area contributed by atoms with E-state index in [4.69, 9.17) is 5.11 Å². The van der Waals surface area contributed by atoms with Crippen LogP contribution in [-0.4, -0.2) is 41.2 Å². The molecule has 0 saturated carbocycles. The predicted octanol–water partition coefficient (Wildman–Crippen LogP) is 1.32. The zero-order valence-corrected chi connectivity index (χ0v) is 10.1. The second kappa shape index (κ2) is 5.35. The third-order valence-electron chi connectivity index (χ3n) is 1.77. The van der Waals surface area contributed by atoms with E-state index in [-0.39, 0.29) is 5.82 Å². The first-order valence-electron chi connectivity index (χ1n) is 4.41. The molecule has 0 aliphatic rings. The average Bonchev–Trinajstić information content (AvgIpc) is 2.28. The van der Waals surface area contributed by atoms with E-state index in [0.717, 1.165) is 0 Å². The Bertz CT molecular complexity index is 364. The largest absolute Gasteiger partial charge is 0.390 e. The van der Waals surface area contributed by atoms with Crippen molar-refractivity contribution in [3.63, 3.8) is 0 Å². The monoisotopic (exact) mass is 296 g/mol. The van der Waals surface area contributed by atoms with Crippen LogP contribution >= 0.6 is 15.9 Å². The Morgan fingerprint density at radius 1 is 1.44 bits per heavy atom.